The van der Waals surface area contributed by atoms with Gasteiger partial charge in [-0.25, -0.2) is 0 Å². The number of fused-ring (bicyclic) bond motifs is 1. The van der Waals surface area contributed by atoms with Crippen molar-refractivity contribution in [3.63, 3.8) is 0 Å². The van der Waals surface area contributed by atoms with Gasteiger partial charge in [0.1, 0.15) is 5.58 Å². The summed E-state index contributed by atoms with van der Waals surface area (Å²) in [6.45, 7) is 1.15. The smallest absolute Gasteiger partial charge is 0.287 e. The summed E-state index contributed by atoms with van der Waals surface area (Å²) in [4.78, 5) is 25.9. The first-order valence-corrected chi connectivity index (χ1v) is 8.84. The average Bonchev–Trinajstić information content (AvgIpc) is 3.26. The molecule has 0 aliphatic carbocycles. The fourth-order valence-corrected chi connectivity index (χ4v) is 3.29. The molecule has 1 fully saturated rings. The lowest BCUT2D eigenvalue weighted by molar-refractivity contribution is -0.117. The number of nitrogens with zero attached hydrogens (tertiary/aromatic N) is 1. The number of furan rings is 1. The van der Waals surface area contributed by atoms with Crippen LogP contribution >= 0.6 is 11.6 Å². The minimum atomic E-state index is -0.281. The third kappa shape index (κ3) is 3.30. The molecule has 2 amide bonds. The van der Waals surface area contributed by atoms with Crippen molar-refractivity contribution >= 4 is 40.1 Å². The standard InChI is InChI=1S/C20H17ClN2O3/c21-15-5-8-17-14(10-15)11-18(26-17)20(25)22-12-13-3-6-16(7-4-13)23-9-1-2-19(23)24/h3-8,10-11H,1-2,9,12H2,(H,22,25). The summed E-state index contributed by atoms with van der Waals surface area (Å²) in [5.74, 6) is 0.133. The zero-order valence-corrected chi connectivity index (χ0v) is 14.8. The number of anilines is 1. The number of carbonyl (C=O) groups is 2. The first kappa shape index (κ1) is 16.7. The van der Waals surface area contributed by atoms with Gasteiger partial charge in [-0.3, -0.25) is 9.59 Å². The van der Waals surface area contributed by atoms with Gasteiger partial charge in [0.25, 0.3) is 5.91 Å². The summed E-state index contributed by atoms with van der Waals surface area (Å²) in [5.41, 5.74) is 2.48. The Labute approximate surface area is 155 Å². The molecule has 0 spiro atoms. The highest BCUT2D eigenvalue weighted by Gasteiger charge is 2.21. The predicted molar refractivity (Wildman–Crippen MR) is 100 cm³/mol. The highest BCUT2D eigenvalue weighted by Crippen LogP contribution is 2.24. The number of benzene rings is 2. The Bertz CT molecular complexity index is 978. The van der Waals surface area contributed by atoms with E-state index in [4.69, 9.17) is 16.0 Å². The van der Waals surface area contributed by atoms with Gasteiger partial charge in [-0.2, -0.15) is 0 Å². The average molecular weight is 369 g/mol. The Balaban J connectivity index is 1.41. The molecule has 1 N–H and O–H groups in total. The van der Waals surface area contributed by atoms with Gasteiger partial charge in [-0.05, 0) is 48.4 Å². The molecule has 0 atom stereocenters. The number of nitrogens with one attached hydrogen (secondary N) is 1. The van der Waals surface area contributed by atoms with Crippen LogP contribution in [-0.2, 0) is 11.3 Å². The van der Waals surface area contributed by atoms with Crippen molar-refractivity contribution in [2.75, 3.05) is 11.4 Å². The summed E-state index contributed by atoms with van der Waals surface area (Å²) < 4.78 is 5.56. The van der Waals surface area contributed by atoms with Crippen LogP contribution in [0.15, 0.2) is 52.9 Å². The molecule has 1 saturated heterocycles. The number of amides is 2. The van der Waals surface area contributed by atoms with E-state index in [1.54, 1.807) is 29.2 Å². The predicted octanol–water partition coefficient (Wildman–Crippen LogP) is 4.14. The molecule has 26 heavy (non-hydrogen) atoms. The zero-order valence-electron chi connectivity index (χ0n) is 14.0. The Morgan fingerprint density at radius 1 is 1.15 bits per heavy atom. The van der Waals surface area contributed by atoms with Crippen molar-refractivity contribution in [1.29, 1.82) is 0 Å². The molecule has 1 aromatic heterocycles. The number of hydrogen-bond acceptors (Lipinski definition) is 3. The summed E-state index contributed by atoms with van der Waals surface area (Å²) in [6.07, 6.45) is 1.51. The number of carbonyl (C=O) groups excluding carboxylic acids is 2. The Morgan fingerprint density at radius 3 is 2.69 bits per heavy atom. The molecule has 6 heteroatoms. The molecular weight excluding hydrogens is 352 g/mol. The molecule has 0 saturated carbocycles. The van der Waals surface area contributed by atoms with Gasteiger partial charge in [-0.1, -0.05) is 23.7 Å². The topological polar surface area (TPSA) is 62.6 Å². The van der Waals surface area contributed by atoms with Crippen LogP contribution in [0, 0.1) is 0 Å². The van der Waals surface area contributed by atoms with E-state index in [-0.39, 0.29) is 17.6 Å². The van der Waals surface area contributed by atoms with Gasteiger partial charge < -0.3 is 14.6 Å². The Hall–Kier alpha value is -2.79. The fraction of sp³-hybridized carbons (Fsp3) is 0.200. The van der Waals surface area contributed by atoms with Crippen LogP contribution in [0.25, 0.3) is 11.0 Å². The van der Waals surface area contributed by atoms with Crippen LogP contribution in [0.2, 0.25) is 5.02 Å². The van der Waals surface area contributed by atoms with E-state index in [1.807, 2.05) is 24.3 Å². The molecule has 2 heterocycles. The van der Waals surface area contributed by atoms with Crippen molar-refractivity contribution in [3.05, 3.63) is 64.9 Å². The lowest BCUT2D eigenvalue weighted by Gasteiger charge is -2.16. The van der Waals surface area contributed by atoms with Gasteiger partial charge in [0.2, 0.25) is 5.91 Å². The lowest BCUT2D eigenvalue weighted by atomic mass is 10.2. The molecule has 0 unspecified atom stereocenters. The first-order valence-electron chi connectivity index (χ1n) is 8.47. The third-order valence-electron chi connectivity index (χ3n) is 4.48. The summed E-state index contributed by atoms with van der Waals surface area (Å²) in [6, 6.07) is 14.6. The van der Waals surface area contributed by atoms with Crippen LogP contribution < -0.4 is 10.2 Å². The Morgan fingerprint density at radius 2 is 1.96 bits per heavy atom. The maximum absolute atomic E-state index is 12.3. The Kier molecular flexibility index (Phi) is 4.39. The first-order chi connectivity index (χ1) is 12.6. The van der Waals surface area contributed by atoms with Crippen LogP contribution in [0.1, 0.15) is 29.0 Å². The van der Waals surface area contributed by atoms with Gasteiger partial charge in [0, 0.05) is 35.6 Å². The van der Waals surface area contributed by atoms with E-state index in [0.717, 1.165) is 29.6 Å². The van der Waals surface area contributed by atoms with E-state index in [1.165, 1.54) is 0 Å². The molecule has 0 radical (unpaired) electrons. The number of halogens is 1. The lowest BCUT2D eigenvalue weighted by Crippen LogP contribution is -2.24. The van der Waals surface area contributed by atoms with Crippen LogP contribution in [0.4, 0.5) is 5.69 Å². The molecule has 3 aromatic rings. The van der Waals surface area contributed by atoms with E-state index in [2.05, 4.69) is 5.32 Å². The van der Waals surface area contributed by atoms with Crippen molar-refractivity contribution in [3.8, 4) is 0 Å². The molecule has 1 aliphatic rings. The molecule has 4 rings (SSSR count). The molecule has 1 aliphatic heterocycles. The van der Waals surface area contributed by atoms with Gasteiger partial charge in [0.05, 0.1) is 0 Å². The molecule has 0 bridgehead atoms. The largest absolute Gasteiger partial charge is 0.451 e. The van der Waals surface area contributed by atoms with E-state index in [0.29, 0.717) is 23.6 Å². The quantitative estimate of drug-likeness (QED) is 0.752. The summed E-state index contributed by atoms with van der Waals surface area (Å²) in [5, 5.41) is 4.24. The van der Waals surface area contributed by atoms with Crippen LogP contribution in [0.5, 0.6) is 0 Å². The van der Waals surface area contributed by atoms with Crippen molar-refractivity contribution < 1.29 is 14.0 Å². The number of hydrogen-bond donors (Lipinski definition) is 1. The minimum absolute atomic E-state index is 0.163. The second-order valence-corrected chi connectivity index (χ2v) is 6.73. The second kappa shape index (κ2) is 6.84. The van der Waals surface area contributed by atoms with Gasteiger partial charge in [0.15, 0.2) is 5.76 Å². The van der Waals surface area contributed by atoms with Crippen LogP contribution in [0.3, 0.4) is 0 Å². The minimum Gasteiger partial charge on any atom is -0.451 e. The molecule has 5 nitrogen and oxygen atoms in total. The molecular formula is C20H17ClN2O3. The van der Waals surface area contributed by atoms with Crippen molar-refractivity contribution in [1.82, 2.24) is 5.32 Å². The van der Waals surface area contributed by atoms with Gasteiger partial charge in [-0.15, -0.1) is 0 Å². The summed E-state index contributed by atoms with van der Waals surface area (Å²) in [7, 11) is 0. The fourth-order valence-electron chi connectivity index (χ4n) is 3.11. The van der Waals surface area contributed by atoms with E-state index >= 15 is 0 Å². The van der Waals surface area contributed by atoms with Crippen LogP contribution in [-0.4, -0.2) is 18.4 Å². The third-order valence-corrected chi connectivity index (χ3v) is 4.71. The van der Waals surface area contributed by atoms with Crippen molar-refractivity contribution in [2.24, 2.45) is 0 Å². The highest BCUT2D eigenvalue weighted by atomic mass is 35.5. The second-order valence-electron chi connectivity index (χ2n) is 6.29. The van der Waals surface area contributed by atoms with E-state index < -0.39 is 0 Å². The van der Waals surface area contributed by atoms with E-state index in [9.17, 15) is 9.59 Å². The molecule has 2 aromatic carbocycles. The highest BCUT2D eigenvalue weighted by molar-refractivity contribution is 6.31. The maximum atomic E-state index is 12.3. The zero-order chi connectivity index (χ0) is 18.1. The number of rotatable bonds is 4. The van der Waals surface area contributed by atoms with Gasteiger partial charge >= 0.3 is 0 Å². The SMILES string of the molecule is O=C(NCc1ccc(N2CCCC2=O)cc1)c1cc2cc(Cl)ccc2o1. The normalized spacial score (nSPS) is 14.2. The van der Waals surface area contributed by atoms with Crippen molar-refractivity contribution in [2.45, 2.75) is 19.4 Å². The summed E-state index contributed by atoms with van der Waals surface area (Å²) >= 11 is 5.95. The maximum Gasteiger partial charge on any atom is 0.287 e. The monoisotopic (exact) mass is 368 g/mol. The molecule has 132 valence electrons.